The molecule has 6 nitrogen and oxygen atoms in total. The lowest BCUT2D eigenvalue weighted by molar-refractivity contribution is -0.175. The number of nitrogens with one attached hydrogen (secondary N) is 2. The summed E-state index contributed by atoms with van der Waals surface area (Å²) in [5.41, 5.74) is 6.65. The number of ether oxygens (including phenoxy) is 1. The topological polar surface area (TPSA) is 56.8 Å². The van der Waals surface area contributed by atoms with E-state index >= 15 is 0 Å². The number of hydrogen-bond donors (Lipinski definition) is 2. The van der Waals surface area contributed by atoms with Crippen LogP contribution in [-0.4, -0.2) is 54.4 Å². The highest BCUT2D eigenvalue weighted by Gasteiger charge is 2.46. The van der Waals surface area contributed by atoms with Crippen molar-refractivity contribution >= 4 is 5.97 Å². The molecule has 0 radical (unpaired) electrons. The fourth-order valence-electron chi connectivity index (χ4n) is 4.08. The number of fused-ring (bicyclic) bond motifs is 4. The highest BCUT2D eigenvalue weighted by atomic mass is 16.6. The van der Waals surface area contributed by atoms with Gasteiger partial charge in [0.1, 0.15) is 6.04 Å². The van der Waals surface area contributed by atoms with Crippen molar-refractivity contribution in [2.24, 2.45) is 11.8 Å². The molecule has 4 fully saturated rings. The molecule has 4 saturated heterocycles. The maximum absolute atomic E-state index is 12.5. The first-order valence-electron chi connectivity index (χ1n) is 7.54. The van der Waals surface area contributed by atoms with Crippen molar-refractivity contribution in [3.8, 4) is 0 Å². The largest absolute Gasteiger partial charge is 0.444 e. The SMILES string of the molecule is O=C(OC1C2CCNN1CC2)C1C2CCNN1CC2. The molecule has 6 atom stereocenters. The van der Waals surface area contributed by atoms with Crippen LogP contribution in [0.2, 0.25) is 0 Å². The quantitative estimate of drug-likeness (QED) is 0.668. The van der Waals surface area contributed by atoms with Crippen molar-refractivity contribution in [2.45, 2.75) is 38.0 Å². The first-order chi connectivity index (χ1) is 9.33. The zero-order valence-electron chi connectivity index (χ0n) is 11.2. The number of carbonyl (C=O) groups is 1. The third-order valence-electron chi connectivity index (χ3n) is 5.11. The highest BCUT2D eigenvalue weighted by Crippen LogP contribution is 2.33. The summed E-state index contributed by atoms with van der Waals surface area (Å²) >= 11 is 0. The fourth-order valence-corrected chi connectivity index (χ4v) is 4.08. The number of hydrogen-bond acceptors (Lipinski definition) is 6. The zero-order valence-corrected chi connectivity index (χ0v) is 11.2. The van der Waals surface area contributed by atoms with Gasteiger partial charge in [-0.05, 0) is 31.6 Å². The van der Waals surface area contributed by atoms with Gasteiger partial charge in [0.15, 0.2) is 6.23 Å². The number of nitrogens with zero attached hydrogens (tertiary/aromatic N) is 2. The van der Waals surface area contributed by atoms with Crippen molar-refractivity contribution in [2.75, 3.05) is 26.2 Å². The smallest absolute Gasteiger partial charge is 0.326 e. The molecule has 106 valence electrons. The Hall–Kier alpha value is -0.690. The van der Waals surface area contributed by atoms with Gasteiger partial charge in [-0.3, -0.25) is 15.6 Å². The standard InChI is InChI=1S/C13H22N4O2/c18-13(11-9-1-5-14-16(11)7-3-9)19-12-10-2-6-15-17(12)8-4-10/h9-12,14-15H,1-8H2. The van der Waals surface area contributed by atoms with Crippen LogP contribution < -0.4 is 10.9 Å². The summed E-state index contributed by atoms with van der Waals surface area (Å²) in [6, 6.07) is -0.0590. The first kappa shape index (κ1) is 12.1. The molecule has 0 saturated carbocycles. The molecular formula is C13H22N4O2. The maximum atomic E-state index is 12.5. The Morgan fingerprint density at radius 1 is 0.947 bits per heavy atom. The molecule has 4 heterocycles. The van der Waals surface area contributed by atoms with E-state index in [1.54, 1.807) is 0 Å². The van der Waals surface area contributed by atoms with Crippen LogP contribution in [0.3, 0.4) is 0 Å². The van der Waals surface area contributed by atoms with E-state index in [9.17, 15) is 4.79 Å². The number of carbonyl (C=O) groups excluding carboxylic acids is 1. The third-order valence-corrected chi connectivity index (χ3v) is 5.11. The minimum atomic E-state index is -0.0590. The van der Waals surface area contributed by atoms with Crippen LogP contribution in [0.1, 0.15) is 25.7 Å². The monoisotopic (exact) mass is 266 g/mol. The summed E-state index contributed by atoms with van der Waals surface area (Å²) in [6.45, 7) is 3.98. The average Bonchev–Trinajstić information content (AvgIpc) is 2.80. The van der Waals surface area contributed by atoms with Gasteiger partial charge in [-0.25, -0.2) is 10.0 Å². The summed E-state index contributed by atoms with van der Waals surface area (Å²) in [5.74, 6) is 0.979. The van der Waals surface area contributed by atoms with Gasteiger partial charge < -0.3 is 4.74 Å². The number of rotatable bonds is 2. The minimum absolute atomic E-state index is 0.0275. The van der Waals surface area contributed by atoms with Crippen LogP contribution in [0.25, 0.3) is 0 Å². The summed E-state index contributed by atoms with van der Waals surface area (Å²) in [5, 5.41) is 4.20. The fraction of sp³-hybridized carbons (Fsp3) is 0.923. The van der Waals surface area contributed by atoms with Gasteiger partial charge in [-0.2, -0.15) is 0 Å². The summed E-state index contributed by atoms with van der Waals surface area (Å²) in [7, 11) is 0. The van der Waals surface area contributed by atoms with Gasteiger partial charge in [-0.1, -0.05) is 0 Å². The summed E-state index contributed by atoms with van der Waals surface area (Å²) in [4.78, 5) is 12.5. The Morgan fingerprint density at radius 3 is 2.42 bits per heavy atom. The van der Waals surface area contributed by atoms with E-state index in [-0.39, 0.29) is 18.2 Å². The van der Waals surface area contributed by atoms with Crippen LogP contribution in [0.15, 0.2) is 0 Å². The van der Waals surface area contributed by atoms with Gasteiger partial charge in [0.05, 0.1) is 0 Å². The van der Waals surface area contributed by atoms with Gasteiger partial charge in [-0.15, -0.1) is 0 Å². The van der Waals surface area contributed by atoms with Crippen LogP contribution in [0.5, 0.6) is 0 Å². The molecule has 4 bridgehead atoms. The van der Waals surface area contributed by atoms with Gasteiger partial charge in [0.25, 0.3) is 0 Å². The molecule has 4 aliphatic rings. The second-order valence-electron chi connectivity index (χ2n) is 6.15. The minimum Gasteiger partial charge on any atom is -0.444 e. The average molecular weight is 266 g/mol. The molecule has 0 aliphatic carbocycles. The zero-order chi connectivity index (χ0) is 12.8. The van der Waals surface area contributed by atoms with E-state index in [2.05, 4.69) is 20.9 Å². The Bertz CT molecular complexity index is 346. The molecule has 4 aliphatic heterocycles. The molecule has 19 heavy (non-hydrogen) atoms. The molecule has 0 amide bonds. The van der Waals surface area contributed by atoms with Crippen molar-refractivity contribution in [1.29, 1.82) is 0 Å². The molecule has 0 aromatic heterocycles. The third kappa shape index (κ3) is 1.98. The maximum Gasteiger partial charge on any atom is 0.326 e. The lowest BCUT2D eigenvalue weighted by Gasteiger charge is -2.36. The Kier molecular flexibility index (Phi) is 2.99. The van der Waals surface area contributed by atoms with Crippen LogP contribution in [0, 0.1) is 11.8 Å². The van der Waals surface area contributed by atoms with Gasteiger partial charge >= 0.3 is 5.97 Å². The molecular weight excluding hydrogens is 244 g/mol. The van der Waals surface area contributed by atoms with Crippen molar-refractivity contribution in [3.05, 3.63) is 0 Å². The highest BCUT2D eigenvalue weighted by molar-refractivity contribution is 5.77. The lowest BCUT2D eigenvalue weighted by Crippen LogP contribution is -2.56. The molecule has 2 N–H and O–H groups in total. The lowest BCUT2D eigenvalue weighted by atomic mass is 9.95. The van der Waals surface area contributed by atoms with Crippen LogP contribution >= 0.6 is 0 Å². The van der Waals surface area contributed by atoms with E-state index in [0.717, 1.165) is 51.9 Å². The van der Waals surface area contributed by atoms with Gasteiger partial charge in [0.2, 0.25) is 0 Å². The number of hydrazine groups is 2. The van der Waals surface area contributed by atoms with Crippen molar-refractivity contribution in [1.82, 2.24) is 20.9 Å². The van der Waals surface area contributed by atoms with E-state index in [1.807, 2.05) is 0 Å². The van der Waals surface area contributed by atoms with Crippen LogP contribution in [0.4, 0.5) is 0 Å². The summed E-state index contributed by atoms with van der Waals surface area (Å²) in [6.07, 6.45) is 4.42. The van der Waals surface area contributed by atoms with E-state index in [0.29, 0.717) is 11.8 Å². The van der Waals surface area contributed by atoms with E-state index in [4.69, 9.17) is 4.74 Å². The summed E-state index contributed by atoms with van der Waals surface area (Å²) < 4.78 is 5.84. The molecule has 0 aromatic rings. The van der Waals surface area contributed by atoms with E-state index in [1.165, 1.54) is 0 Å². The molecule has 4 rings (SSSR count). The predicted molar refractivity (Wildman–Crippen MR) is 68.5 cm³/mol. The first-order valence-corrected chi connectivity index (χ1v) is 7.54. The Labute approximate surface area is 113 Å². The predicted octanol–water partition coefficient (Wildman–Crippen LogP) is -0.315. The van der Waals surface area contributed by atoms with Gasteiger partial charge in [0, 0.05) is 32.1 Å². The number of esters is 1. The van der Waals surface area contributed by atoms with Crippen molar-refractivity contribution in [3.63, 3.8) is 0 Å². The Balaban J connectivity index is 1.44. The van der Waals surface area contributed by atoms with Crippen LogP contribution in [-0.2, 0) is 9.53 Å². The molecule has 6 heteroatoms. The molecule has 0 aromatic carbocycles. The van der Waals surface area contributed by atoms with Crippen molar-refractivity contribution < 1.29 is 9.53 Å². The Morgan fingerprint density at radius 2 is 1.63 bits per heavy atom. The van der Waals surface area contributed by atoms with E-state index < -0.39 is 0 Å². The molecule has 6 unspecified atom stereocenters. The second kappa shape index (κ2) is 4.70. The molecule has 0 spiro atoms. The second-order valence-corrected chi connectivity index (χ2v) is 6.15. The normalized spacial score (nSPS) is 48.2.